The highest BCUT2D eigenvalue weighted by Crippen LogP contribution is 2.38. The first-order valence-corrected chi connectivity index (χ1v) is 8.87. The number of rotatable bonds is 4. The minimum atomic E-state index is 0.420. The van der Waals surface area contributed by atoms with E-state index in [2.05, 4.69) is 42.2 Å². The van der Waals surface area contributed by atoms with Crippen LogP contribution in [0.25, 0.3) is 10.1 Å². The Hall–Kier alpha value is -0.220. The Kier molecular flexibility index (Phi) is 4.08. The van der Waals surface area contributed by atoms with Crippen molar-refractivity contribution in [2.24, 2.45) is 0 Å². The summed E-state index contributed by atoms with van der Waals surface area (Å²) in [5, 5.41) is 5.71. The Balaban J connectivity index is 1.67. The average molecular weight is 312 g/mol. The first-order chi connectivity index (χ1) is 9.18. The SMILES string of the molecule is CC1(CNCc2sc3ccccc3c2Cl)CCCS1. The number of hydrogen-bond acceptors (Lipinski definition) is 3. The van der Waals surface area contributed by atoms with Gasteiger partial charge in [-0.2, -0.15) is 11.8 Å². The maximum atomic E-state index is 6.45. The lowest BCUT2D eigenvalue weighted by molar-refractivity contribution is 0.539. The largest absolute Gasteiger partial charge is 0.310 e. The molecule has 4 heteroatoms. The maximum absolute atomic E-state index is 6.45. The molecule has 1 aromatic heterocycles. The van der Waals surface area contributed by atoms with Crippen LogP contribution < -0.4 is 5.32 Å². The van der Waals surface area contributed by atoms with Crippen LogP contribution in [0.15, 0.2) is 24.3 Å². The molecule has 2 heterocycles. The molecule has 0 bridgehead atoms. The molecule has 1 saturated heterocycles. The van der Waals surface area contributed by atoms with Crippen molar-refractivity contribution in [2.75, 3.05) is 12.3 Å². The molecule has 0 spiro atoms. The normalized spacial score (nSPS) is 23.3. The summed E-state index contributed by atoms with van der Waals surface area (Å²) >= 11 is 10.4. The van der Waals surface area contributed by atoms with Crippen LogP contribution >= 0.6 is 34.7 Å². The van der Waals surface area contributed by atoms with E-state index < -0.39 is 0 Å². The van der Waals surface area contributed by atoms with Gasteiger partial charge >= 0.3 is 0 Å². The Morgan fingerprint density at radius 2 is 2.21 bits per heavy atom. The summed E-state index contributed by atoms with van der Waals surface area (Å²) < 4.78 is 1.70. The molecular weight excluding hydrogens is 294 g/mol. The molecule has 1 N–H and O–H groups in total. The van der Waals surface area contributed by atoms with Crippen LogP contribution in [0.2, 0.25) is 5.02 Å². The third-order valence-corrected chi connectivity index (χ3v) is 6.94. The number of thiophene rings is 1. The van der Waals surface area contributed by atoms with Gasteiger partial charge in [-0.05, 0) is 31.6 Å². The topological polar surface area (TPSA) is 12.0 Å². The maximum Gasteiger partial charge on any atom is 0.0636 e. The lowest BCUT2D eigenvalue weighted by atomic mass is 10.1. The second-order valence-electron chi connectivity index (χ2n) is 5.34. The monoisotopic (exact) mass is 311 g/mol. The molecule has 1 aliphatic rings. The van der Waals surface area contributed by atoms with E-state index in [0.29, 0.717) is 4.75 Å². The van der Waals surface area contributed by atoms with Crippen LogP contribution in [0.3, 0.4) is 0 Å². The zero-order chi connectivity index (χ0) is 13.3. The van der Waals surface area contributed by atoms with Gasteiger partial charge in [0.05, 0.1) is 5.02 Å². The van der Waals surface area contributed by atoms with Gasteiger partial charge in [0.1, 0.15) is 0 Å². The zero-order valence-electron chi connectivity index (χ0n) is 11.0. The molecule has 1 aromatic carbocycles. The molecule has 1 unspecified atom stereocenters. The number of halogens is 1. The number of hydrogen-bond donors (Lipinski definition) is 1. The summed E-state index contributed by atoms with van der Waals surface area (Å²) in [6.07, 6.45) is 2.68. The number of nitrogens with one attached hydrogen (secondary N) is 1. The lowest BCUT2D eigenvalue weighted by Gasteiger charge is -2.22. The molecule has 19 heavy (non-hydrogen) atoms. The van der Waals surface area contributed by atoms with Gasteiger partial charge in [0.15, 0.2) is 0 Å². The smallest absolute Gasteiger partial charge is 0.0636 e. The summed E-state index contributed by atoms with van der Waals surface area (Å²) in [7, 11) is 0. The molecule has 3 rings (SSSR count). The predicted molar refractivity (Wildman–Crippen MR) is 88.6 cm³/mol. The minimum Gasteiger partial charge on any atom is -0.310 e. The first-order valence-electron chi connectivity index (χ1n) is 6.69. The molecule has 1 nitrogen and oxygen atoms in total. The van der Waals surface area contributed by atoms with E-state index in [0.717, 1.165) is 18.1 Å². The quantitative estimate of drug-likeness (QED) is 0.859. The van der Waals surface area contributed by atoms with E-state index in [4.69, 9.17) is 11.6 Å². The van der Waals surface area contributed by atoms with Gasteiger partial charge < -0.3 is 5.32 Å². The highest BCUT2D eigenvalue weighted by atomic mass is 35.5. The highest BCUT2D eigenvalue weighted by molar-refractivity contribution is 8.00. The van der Waals surface area contributed by atoms with Crippen molar-refractivity contribution in [3.8, 4) is 0 Å². The van der Waals surface area contributed by atoms with Crippen molar-refractivity contribution >= 4 is 44.8 Å². The van der Waals surface area contributed by atoms with Crippen LogP contribution in [0, 0.1) is 0 Å². The molecule has 1 aliphatic heterocycles. The molecule has 102 valence electrons. The molecule has 0 aliphatic carbocycles. The Morgan fingerprint density at radius 3 is 2.95 bits per heavy atom. The lowest BCUT2D eigenvalue weighted by Crippen LogP contribution is -2.32. The number of thioether (sulfide) groups is 1. The van der Waals surface area contributed by atoms with Crippen molar-refractivity contribution in [3.05, 3.63) is 34.2 Å². The summed E-state index contributed by atoms with van der Waals surface area (Å²) in [5.41, 5.74) is 0. The van der Waals surface area contributed by atoms with E-state index >= 15 is 0 Å². The second-order valence-corrected chi connectivity index (χ2v) is 8.54. The van der Waals surface area contributed by atoms with E-state index in [1.54, 1.807) is 11.3 Å². The molecule has 0 amide bonds. The fraction of sp³-hybridized carbons (Fsp3) is 0.467. The summed E-state index contributed by atoms with van der Waals surface area (Å²) in [5.74, 6) is 1.31. The average Bonchev–Trinajstić information content (AvgIpc) is 2.96. The van der Waals surface area contributed by atoms with Gasteiger partial charge in [0, 0.05) is 32.8 Å². The molecule has 0 saturated carbocycles. The molecule has 1 atom stereocenters. The Labute approximate surface area is 127 Å². The van der Waals surface area contributed by atoms with E-state index in [1.807, 2.05) is 6.07 Å². The second kappa shape index (κ2) is 5.65. The number of fused-ring (bicyclic) bond motifs is 1. The minimum absolute atomic E-state index is 0.420. The molecule has 0 radical (unpaired) electrons. The molecular formula is C15H18ClNS2. The summed E-state index contributed by atoms with van der Waals surface area (Å²) in [4.78, 5) is 1.26. The Morgan fingerprint density at radius 1 is 1.37 bits per heavy atom. The van der Waals surface area contributed by atoms with Gasteiger partial charge in [0.25, 0.3) is 0 Å². The third-order valence-electron chi connectivity index (χ3n) is 3.69. The van der Waals surface area contributed by atoms with Gasteiger partial charge in [-0.3, -0.25) is 0 Å². The van der Waals surface area contributed by atoms with Crippen molar-refractivity contribution in [1.29, 1.82) is 0 Å². The summed E-state index contributed by atoms with van der Waals surface area (Å²) in [6, 6.07) is 8.37. The predicted octanol–water partition coefficient (Wildman–Crippen LogP) is 4.93. The molecule has 2 aromatic rings. The van der Waals surface area contributed by atoms with Crippen molar-refractivity contribution in [2.45, 2.75) is 31.1 Å². The van der Waals surface area contributed by atoms with Crippen molar-refractivity contribution in [1.82, 2.24) is 5.32 Å². The van der Waals surface area contributed by atoms with E-state index in [1.165, 1.54) is 33.6 Å². The zero-order valence-corrected chi connectivity index (χ0v) is 13.4. The van der Waals surface area contributed by atoms with Crippen LogP contribution in [-0.4, -0.2) is 17.0 Å². The van der Waals surface area contributed by atoms with Gasteiger partial charge in [-0.25, -0.2) is 0 Å². The van der Waals surface area contributed by atoms with Crippen LogP contribution in [0.1, 0.15) is 24.6 Å². The fourth-order valence-electron chi connectivity index (χ4n) is 2.60. The first kappa shape index (κ1) is 13.7. The van der Waals surface area contributed by atoms with E-state index in [-0.39, 0.29) is 0 Å². The van der Waals surface area contributed by atoms with Crippen molar-refractivity contribution in [3.63, 3.8) is 0 Å². The summed E-state index contributed by atoms with van der Waals surface area (Å²) in [6.45, 7) is 4.32. The number of benzene rings is 1. The van der Waals surface area contributed by atoms with Crippen LogP contribution in [0.5, 0.6) is 0 Å². The Bertz CT molecular complexity index is 573. The highest BCUT2D eigenvalue weighted by Gasteiger charge is 2.28. The third kappa shape index (κ3) is 2.94. The standard InChI is InChI=1S/C15H18ClNS2/c1-15(7-4-8-18-15)10-17-9-13-14(16)11-5-2-3-6-12(11)19-13/h2-3,5-6,17H,4,7-10H2,1H3. The van der Waals surface area contributed by atoms with Crippen molar-refractivity contribution < 1.29 is 0 Å². The van der Waals surface area contributed by atoms with Gasteiger partial charge in [-0.1, -0.05) is 29.8 Å². The van der Waals surface area contributed by atoms with Crippen LogP contribution in [0.4, 0.5) is 0 Å². The van der Waals surface area contributed by atoms with E-state index in [9.17, 15) is 0 Å². The fourth-order valence-corrected chi connectivity index (χ4v) is 5.34. The van der Waals surface area contributed by atoms with Crippen LogP contribution in [-0.2, 0) is 6.54 Å². The van der Waals surface area contributed by atoms with Gasteiger partial charge in [-0.15, -0.1) is 11.3 Å². The molecule has 1 fully saturated rings. The van der Waals surface area contributed by atoms with Gasteiger partial charge in [0.2, 0.25) is 0 Å².